The molecule has 0 amide bonds. The van der Waals surface area contributed by atoms with Crippen molar-refractivity contribution in [2.45, 2.75) is 25.0 Å². The zero-order valence-electron chi connectivity index (χ0n) is 9.80. The number of fused-ring (bicyclic) bond motifs is 2. The number of ether oxygens (including phenoxy) is 3. The summed E-state index contributed by atoms with van der Waals surface area (Å²) < 4.78 is 16.4. The van der Waals surface area contributed by atoms with Crippen LogP contribution in [0.5, 0.6) is 0 Å². The first-order valence-corrected chi connectivity index (χ1v) is 5.83. The molecule has 3 heteroatoms. The van der Waals surface area contributed by atoms with Gasteiger partial charge in [0.15, 0.2) is 0 Å². The molecule has 16 heavy (non-hydrogen) atoms. The maximum absolute atomic E-state index is 5.61. The highest BCUT2D eigenvalue weighted by molar-refractivity contribution is 5.03. The van der Waals surface area contributed by atoms with Crippen LogP contribution in [0.25, 0.3) is 0 Å². The molecular weight excluding hydrogens is 204 g/mol. The normalized spacial score (nSPS) is 40.7. The van der Waals surface area contributed by atoms with Gasteiger partial charge in [-0.25, -0.2) is 0 Å². The van der Waals surface area contributed by atoms with E-state index in [1.165, 1.54) is 25.4 Å². The van der Waals surface area contributed by atoms with E-state index < -0.39 is 0 Å². The zero-order chi connectivity index (χ0) is 11.5. The summed E-state index contributed by atoms with van der Waals surface area (Å²) in [6.07, 6.45) is 5.78. The topological polar surface area (TPSA) is 27.7 Å². The van der Waals surface area contributed by atoms with Crippen LogP contribution in [0.2, 0.25) is 0 Å². The SMILES string of the molecule is C=COCC1CC2CC1C(OC=C)C2OC. The Bertz CT molecular complexity index is 262. The molecule has 0 aromatic heterocycles. The highest BCUT2D eigenvalue weighted by Gasteiger charge is 2.54. The molecule has 0 aliphatic heterocycles. The van der Waals surface area contributed by atoms with Crippen LogP contribution in [0, 0.1) is 17.8 Å². The maximum Gasteiger partial charge on any atom is 0.127 e. The Hall–Kier alpha value is -0.960. The van der Waals surface area contributed by atoms with Crippen LogP contribution in [0.4, 0.5) is 0 Å². The Morgan fingerprint density at radius 1 is 1.19 bits per heavy atom. The summed E-state index contributed by atoms with van der Waals surface area (Å²) in [5.74, 6) is 1.71. The predicted molar refractivity (Wildman–Crippen MR) is 61.7 cm³/mol. The van der Waals surface area contributed by atoms with E-state index in [1.54, 1.807) is 7.11 Å². The van der Waals surface area contributed by atoms with E-state index in [0.717, 1.165) is 6.61 Å². The van der Waals surface area contributed by atoms with Crippen LogP contribution in [-0.4, -0.2) is 25.9 Å². The van der Waals surface area contributed by atoms with Gasteiger partial charge in [-0.2, -0.15) is 0 Å². The average Bonchev–Trinajstić information content (AvgIpc) is 2.84. The van der Waals surface area contributed by atoms with Gasteiger partial charge in [-0.1, -0.05) is 13.2 Å². The zero-order valence-corrected chi connectivity index (χ0v) is 9.80. The lowest BCUT2D eigenvalue weighted by Crippen LogP contribution is -2.40. The lowest BCUT2D eigenvalue weighted by molar-refractivity contribution is -0.0695. The smallest absolute Gasteiger partial charge is 0.127 e. The number of hydrogen-bond donors (Lipinski definition) is 0. The first kappa shape index (κ1) is 11.5. The van der Waals surface area contributed by atoms with Crippen molar-refractivity contribution in [1.29, 1.82) is 0 Å². The van der Waals surface area contributed by atoms with Gasteiger partial charge >= 0.3 is 0 Å². The van der Waals surface area contributed by atoms with Gasteiger partial charge in [-0.3, -0.25) is 0 Å². The van der Waals surface area contributed by atoms with E-state index in [1.807, 2.05) is 0 Å². The van der Waals surface area contributed by atoms with E-state index in [4.69, 9.17) is 14.2 Å². The van der Waals surface area contributed by atoms with Crippen molar-refractivity contribution in [3.05, 3.63) is 25.7 Å². The lowest BCUT2D eigenvalue weighted by atomic mass is 9.85. The van der Waals surface area contributed by atoms with Gasteiger partial charge in [0.25, 0.3) is 0 Å². The molecule has 0 N–H and O–H groups in total. The van der Waals surface area contributed by atoms with Crippen LogP contribution >= 0.6 is 0 Å². The Labute approximate surface area is 97.1 Å². The standard InChI is InChI=1S/C13H20O3/c1-4-15-8-10-6-9-7-11(10)13(16-5-2)12(9)14-3/h4-5,9-13H,1-2,6-8H2,3H3. The van der Waals surface area contributed by atoms with Gasteiger partial charge in [0, 0.05) is 13.0 Å². The minimum Gasteiger partial charge on any atom is -0.502 e. The van der Waals surface area contributed by atoms with Gasteiger partial charge in [0.2, 0.25) is 0 Å². The second-order valence-corrected chi connectivity index (χ2v) is 4.62. The van der Waals surface area contributed by atoms with Gasteiger partial charge in [0.1, 0.15) is 6.10 Å². The van der Waals surface area contributed by atoms with Crippen molar-refractivity contribution in [2.24, 2.45) is 17.8 Å². The second kappa shape index (κ2) is 4.91. The Kier molecular flexibility index (Phi) is 3.54. The van der Waals surface area contributed by atoms with E-state index >= 15 is 0 Å². The quantitative estimate of drug-likeness (QED) is 0.648. The van der Waals surface area contributed by atoms with Crippen molar-refractivity contribution in [3.63, 3.8) is 0 Å². The summed E-state index contributed by atoms with van der Waals surface area (Å²) in [5, 5.41) is 0. The molecule has 2 aliphatic rings. The molecule has 5 unspecified atom stereocenters. The largest absolute Gasteiger partial charge is 0.502 e. The molecule has 2 fully saturated rings. The fourth-order valence-electron chi connectivity index (χ4n) is 3.38. The third kappa shape index (κ3) is 1.84. The number of methoxy groups -OCH3 is 1. The van der Waals surface area contributed by atoms with E-state index in [2.05, 4.69) is 13.2 Å². The molecule has 0 heterocycles. The molecule has 5 atom stereocenters. The third-order valence-corrected chi connectivity index (χ3v) is 3.95. The molecule has 0 aromatic rings. The van der Waals surface area contributed by atoms with Crippen molar-refractivity contribution < 1.29 is 14.2 Å². The van der Waals surface area contributed by atoms with Crippen molar-refractivity contribution in [3.8, 4) is 0 Å². The van der Waals surface area contributed by atoms with Gasteiger partial charge in [0.05, 0.1) is 25.2 Å². The molecule has 90 valence electrons. The fraction of sp³-hybridized carbons (Fsp3) is 0.692. The number of rotatable bonds is 6. The van der Waals surface area contributed by atoms with Gasteiger partial charge in [-0.05, 0) is 24.7 Å². The molecule has 2 aliphatic carbocycles. The van der Waals surface area contributed by atoms with Crippen molar-refractivity contribution >= 4 is 0 Å². The highest BCUT2D eigenvalue weighted by Crippen LogP contribution is 2.50. The van der Waals surface area contributed by atoms with Crippen molar-refractivity contribution in [2.75, 3.05) is 13.7 Å². The maximum atomic E-state index is 5.61. The molecule has 2 rings (SSSR count). The molecule has 0 spiro atoms. The summed E-state index contributed by atoms with van der Waals surface area (Å²) >= 11 is 0. The summed E-state index contributed by atoms with van der Waals surface area (Å²) in [7, 11) is 1.76. The molecule has 2 bridgehead atoms. The first-order valence-electron chi connectivity index (χ1n) is 5.83. The van der Waals surface area contributed by atoms with Crippen LogP contribution in [0.1, 0.15) is 12.8 Å². The second-order valence-electron chi connectivity index (χ2n) is 4.62. The summed E-state index contributed by atoms with van der Waals surface area (Å²) in [6.45, 7) is 7.96. The van der Waals surface area contributed by atoms with E-state index in [0.29, 0.717) is 17.8 Å². The van der Waals surface area contributed by atoms with Gasteiger partial charge in [-0.15, -0.1) is 0 Å². The summed E-state index contributed by atoms with van der Waals surface area (Å²) in [4.78, 5) is 0. The molecule has 0 radical (unpaired) electrons. The Balaban J connectivity index is 2.00. The van der Waals surface area contributed by atoms with Gasteiger partial charge < -0.3 is 14.2 Å². The average molecular weight is 224 g/mol. The predicted octanol–water partition coefficient (Wildman–Crippen LogP) is 2.35. The molecule has 2 saturated carbocycles. The molecule has 0 aromatic carbocycles. The third-order valence-electron chi connectivity index (χ3n) is 3.95. The van der Waals surface area contributed by atoms with Crippen LogP contribution < -0.4 is 0 Å². The molecule has 3 nitrogen and oxygen atoms in total. The minimum atomic E-state index is 0.152. The minimum absolute atomic E-state index is 0.152. The lowest BCUT2D eigenvalue weighted by Gasteiger charge is -2.33. The van der Waals surface area contributed by atoms with E-state index in [9.17, 15) is 0 Å². The van der Waals surface area contributed by atoms with Crippen molar-refractivity contribution in [1.82, 2.24) is 0 Å². The highest BCUT2D eigenvalue weighted by atomic mass is 16.5. The monoisotopic (exact) mass is 224 g/mol. The van der Waals surface area contributed by atoms with Crippen LogP contribution in [0.3, 0.4) is 0 Å². The Morgan fingerprint density at radius 2 is 2.00 bits per heavy atom. The van der Waals surface area contributed by atoms with Crippen LogP contribution in [0.15, 0.2) is 25.7 Å². The molecule has 0 saturated heterocycles. The first-order chi connectivity index (χ1) is 7.81. The summed E-state index contributed by atoms with van der Waals surface area (Å²) in [6, 6.07) is 0. The number of hydrogen-bond acceptors (Lipinski definition) is 3. The Morgan fingerprint density at radius 3 is 2.62 bits per heavy atom. The fourth-order valence-corrected chi connectivity index (χ4v) is 3.38. The molecular formula is C13H20O3. The summed E-state index contributed by atoms with van der Waals surface area (Å²) in [5.41, 5.74) is 0. The van der Waals surface area contributed by atoms with E-state index in [-0.39, 0.29) is 12.2 Å². The van der Waals surface area contributed by atoms with Crippen LogP contribution in [-0.2, 0) is 14.2 Å².